The van der Waals surface area contributed by atoms with Crippen molar-refractivity contribution in [3.05, 3.63) is 0 Å². The lowest BCUT2D eigenvalue weighted by Crippen LogP contribution is -2.60. The van der Waals surface area contributed by atoms with Crippen LogP contribution in [0.4, 0.5) is 0 Å². The molecule has 2 saturated heterocycles. The Balaban J connectivity index is 1.57. The van der Waals surface area contributed by atoms with Crippen LogP contribution in [0, 0.1) is 5.92 Å². The zero-order valence-corrected chi connectivity index (χ0v) is 23.7. The van der Waals surface area contributed by atoms with E-state index in [1.54, 1.807) is 0 Å². The van der Waals surface area contributed by atoms with Gasteiger partial charge >= 0.3 is 5.97 Å². The van der Waals surface area contributed by atoms with E-state index >= 15 is 0 Å². The van der Waals surface area contributed by atoms with Gasteiger partial charge in [0, 0.05) is 53.8 Å². The highest BCUT2D eigenvalue weighted by Gasteiger charge is 2.47. The molecule has 204 valence electrons. The molecule has 2 aliphatic heterocycles. The van der Waals surface area contributed by atoms with E-state index in [0.717, 1.165) is 38.5 Å². The molecule has 2 fully saturated rings. The van der Waals surface area contributed by atoms with Crippen molar-refractivity contribution in [2.75, 3.05) is 0 Å². The molecule has 0 atom stereocenters. The highest BCUT2D eigenvalue weighted by Crippen LogP contribution is 2.41. The minimum absolute atomic E-state index is 0.0233. The number of ether oxygens (including phenoxy) is 1. The smallest absolute Gasteiger partial charge is 0.306 e. The average molecular weight is 497 g/mol. The van der Waals surface area contributed by atoms with E-state index in [1.165, 1.54) is 10.1 Å². The second kappa shape index (κ2) is 11.6. The van der Waals surface area contributed by atoms with Gasteiger partial charge in [0.05, 0.1) is 0 Å². The molecule has 0 aliphatic carbocycles. The third kappa shape index (κ3) is 8.24. The van der Waals surface area contributed by atoms with Crippen LogP contribution in [0.2, 0.25) is 0 Å². The Hall–Kier alpha value is -1.02. The lowest BCUT2D eigenvalue weighted by atomic mass is 9.73. The lowest BCUT2D eigenvalue weighted by molar-refractivity contribution is -0.259. The van der Waals surface area contributed by atoms with Crippen molar-refractivity contribution in [1.29, 1.82) is 0 Å². The highest BCUT2D eigenvalue weighted by molar-refractivity contribution is 5.81. The Labute approximate surface area is 213 Å². The lowest BCUT2D eigenvalue weighted by Gasteiger charge is -2.51. The van der Waals surface area contributed by atoms with Gasteiger partial charge in [0.25, 0.3) is 0 Å². The summed E-state index contributed by atoms with van der Waals surface area (Å²) in [7, 11) is 0. The van der Waals surface area contributed by atoms with Crippen molar-refractivity contribution in [2.45, 2.75) is 161 Å². The number of hydroxylamine groups is 4. The Kier molecular flexibility index (Phi) is 9.99. The molecule has 7 nitrogen and oxygen atoms in total. The van der Waals surface area contributed by atoms with Gasteiger partial charge in [-0.05, 0) is 81.1 Å². The zero-order chi connectivity index (χ0) is 26.7. The van der Waals surface area contributed by atoms with Gasteiger partial charge in [-0.1, -0.05) is 25.7 Å². The number of carbonyl (C=O) groups excluding carboxylic acids is 2. The van der Waals surface area contributed by atoms with Crippen LogP contribution in [0.25, 0.3) is 0 Å². The molecule has 0 aromatic rings. The summed E-state index contributed by atoms with van der Waals surface area (Å²) < 4.78 is 5.74. The normalized spacial score (nSPS) is 24.9. The van der Waals surface area contributed by atoms with Crippen molar-refractivity contribution in [3.63, 3.8) is 0 Å². The van der Waals surface area contributed by atoms with E-state index in [4.69, 9.17) is 4.74 Å². The zero-order valence-electron chi connectivity index (χ0n) is 23.7. The summed E-state index contributed by atoms with van der Waals surface area (Å²) in [5.74, 6) is 0.217. The summed E-state index contributed by atoms with van der Waals surface area (Å²) in [6.07, 6.45) is 9.47. The van der Waals surface area contributed by atoms with Crippen molar-refractivity contribution in [3.8, 4) is 0 Å². The quantitative estimate of drug-likeness (QED) is 0.257. The van der Waals surface area contributed by atoms with Gasteiger partial charge in [-0.15, -0.1) is 0 Å². The van der Waals surface area contributed by atoms with Crippen LogP contribution in [0.1, 0.15) is 132 Å². The fourth-order valence-electron chi connectivity index (χ4n) is 6.48. The number of unbranched alkanes of at least 4 members (excludes halogenated alkanes) is 5. The molecular weight excluding hydrogens is 444 g/mol. The monoisotopic (exact) mass is 496 g/mol. The molecule has 0 bridgehead atoms. The number of hydrogen-bond acceptors (Lipinski definition) is 7. The molecule has 35 heavy (non-hydrogen) atoms. The van der Waals surface area contributed by atoms with E-state index in [2.05, 4.69) is 0 Å². The molecule has 0 spiro atoms. The maximum absolute atomic E-state index is 12.8. The molecule has 0 aromatic carbocycles. The first kappa shape index (κ1) is 30.2. The summed E-state index contributed by atoms with van der Waals surface area (Å²) in [6, 6.07) is 0. The second-order valence-corrected chi connectivity index (χ2v) is 13.6. The Morgan fingerprint density at radius 1 is 0.657 bits per heavy atom. The van der Waals surface area contributed by atoms with E-state index in [1.807, 2.05) is 55.4 Å². The number of nitrogens with zero attached hydrogens (tertiary/aromatic N) is 2. The molecule has 2 rings (SSSR count). The van der Waals surface area contributed by atoms with Gasteiger partial charge in [0.15, 0.2) is 0 Å². The molecule has 0 aromatic heterocycles. The maximum atomic E-state index is 12.8. The first-order chi connectivity index (χ1) is 16.0. The van der Waals surface area contributed by atoms with Crippen molar-refractivity contribution >= 4 is 11.8 Å². The van der Waals surface area contributed by atoms with Crippen molar-refractivity contribution in [2.24, 2.45) is 5.92 Å². The van der Waals surface area contributed by atoms with Crippen LogP contribution >= 0.6 is 0 Å². The van der Waals surface area contributed by atoms with Crippen molar-refractivity contribution in [1.82, 2.24) is 10.1 Å². The average Bonchev–Trinajstić information content (AvgIpc) is 2.71. The Morgan fingerprint density at radius 2 is 1.03 bits per heavy atom. The standard InChI is InChI=1S/C28H52N2O5/c1-25(2)17-21(18-26(3,4)29(25)33)23(31)15-13-11-9-10-12-14-16-24(32)35-22-19-27(5,6)30(34)28(7,8)20-22/h21-22,33-34H,9-20H2,1-8H3. The molecule has 0 amide bonds. The van der Waals surface area contributed by atoms with E-state index in [-0.39, 0.29) is 29.1 Å². The van der Waals surface area contributed by atoms with Crippen LogP contribution < -0.4 is 0 Å². The fourth-order valence-corrected chi connectivity index (χ4v) is 6.48. The van der Waals surface area contributed by atoms with Gasteiger partial charge in [0.2, 0.25) is 0 Å². The first-order valence-corrected chi connectivity index (χ1v) is 13.7. The predicted octanol–water partition coefficient (Wildman–Crippen LogP) is 6.29. The maximum Gasteiger partial charge on any atom is 0.306 e. The molecule has 0 radical (unpaired) electrons. The number of hydrogen-bond donors (Lipinski definition) is 2. The van der Waals surface area contributed by atoms with Gasteiger partial charge in [-0.2, -0.15) is 10.1 Å². The van der Waals surface area contributed by atoms with Crippen LogP contribution in [-0.4, -0.2) is 60.6 Å². The van der Waals surface area contributed by atoms with E-state index in [9.17, 15) is 20.0 Å². The number of carbonyl (C=O) groups is 2. The number of ketones is 1. The topological polar surface area (TPSA) is 90.3 Å². The minimum atomic E-state index is -0.420. The van der Waals surface area contributed by atoms with Gasteiger partial charge < -0.3 is 15.2 Å². The van der Waals surface area contributed by atoms with Crippen LogP contribution in [-0.2, 0) is 14.3 Å². The first-order valence-electron chi connectivity index (χ1n) is 13.7. The Morgan fingerprint density at radius 3 is 1.49 bits per heavy atom. The van der Waals surface area contributed by atoms with Gasteiger partial charge in [-0.25, -0.2) is 0 Å². The summed E-state index contributed by atoms with van der Waals surface area (Å²) in [5.41, 5.74) is -1.61. The summed E-state index contributed by atoms with van der Waals surface area (Å²) in [6.45, 7) is 15.9. The molecule has 7 heteroatoms. The molecule has 0 unspecified atom stereocenters. The highest BCUT2D eigenvalue weighted by atomic mass is 16.5. The second-order valence-electron chi connectivity index (χ2n) is 13.6. The number of Topliss-reactive ketones (excluding diaryl/α,β-unsaturated/α-hetero) is 1. The summed E-state index contributed by atoms with van der Waals surface area (Å²) >= 11 is 0. The van der Waals surface area contributed by atoms with Crippen LogP contribution in [0.3, 0.4) is 0 Å². The summed E-state index contributed by atoms with van der Waals surface area (Å²) in [4.78, 5) is 25.1. The Bertz CT molecular complexity index is 695. The SMILES string of the molecule is CC1(C)CC(OC(=O)CCCCCCCCC(=O)C2CC(C)(C)N(O)C(C)(C)C2)CC(C)(C)N1O. The largest absolute Gasteiger partial charge is 0.462 e. The van der Waals surface area contributed by atoms with E-state index in [0.29, 0.717) is 44.3 Å². The molecule has 2 heterocycles. The molecular formula is C28H52N2O5. The molecule has 2 N–H and O–H groups in total. The fraction of sp³-hybridized carbons (Fsp3) is 0.929. The van der Waals surface area contributed by atoms with Crippen LogP contribution in [0.5, 0.6) is 0 Å². The van der Waals surface area contributed by atoms with E-state index < -0.39 is 11.1 Å². The summed E-state index contributed by atoms with van der Waals surface area (Å²) in [5, 5.41) is 23.6. The van der Waals surface area contributed by atoms with Crippen LogP contribution in [0.15, 0.2) is 0 Å². The molecule has 2 aliphatic rings. The molecule has 0 saturated carbocycles. The third-order valence-corrected chi connectivity index (χ3v) is 8.05. The minimum Gasteiger partial charge on any atom is -0.462 e. The van der Waals surface area contributed by atoms with Crippen molar-refractivity contribution < 1.29 is 24.7 Å². The number of esters is 1. The van der Waals surface area contributed by atoms with Gasteiger partial charge in [-0.3, -0.25) is 9.59 Å². The van der Waals surface area contributed by atoms with Gasteiger partial charge in [0.1, 0.15) is 11.9 Å². The predicted molar refractivity (Wildman–Crippen MR) is 137 cm³/mol. The number of rotatable bonds is 11. The third-order valence-electron chi connectivity index (χ3n) is 8.05. The number of piperidine rings is 2.